The predicted molar refractivity (Wildman–Crippen MR) is 121 cm³/mol. The number of nitro benzene ring substituents is 1. The zero-order valence-electron chi connectivity index (χ0n) is 17.9. The fourth-order valence-electron chi connectivity index (χ4n) is 3.62. The zero-order valence-corrected chi connectivity index (χ0v) is 18.7. The number of rotatable bonds is 10. The third-order valence-corrected chi connectivity index (χ3v) is 7.27. The lowest BCUT2D eigenvalue weighted by atomic mass is 10.2. The molecule has 0 aliphatic carbocycles. The Hall–Kier alpha value is -2.98. The Morgan fingerprint density at radius 3 is 2.55 bits per heavy atom. The number of benzene rings is 2. The van der Waals surface area contributed by atoms with Gasteiger partial charge in [0.15, 0.2) is 0 Å². The quantitative estimate of drug-likeness (QED) is 0.289. The lowest BCUT2D eigenvalue weighted by Gasteiger charge is -2.18. The Morgan fingerprint density at radius 2 is 1.87 bits per heavy atom. The van der Waals surface area contributed by atoms with Crippen molar-refractivity contribution in [1.29, 1.82) is 0 Å². The zero-order chi connectivity index (χ0) is 22.6. The molecule has 0 saturated heterocycles. The molecular weight excluding hydrogens is 418 g/mol. The number of aromatic nitrogens is 2. The van der Waals surface area contributed by atoms with Crippen molar-refractivity contribution in [1.82, 2.24) is 13.9 Å². The molecule has 2 aromatic carbocycles. The lowest BCUT2D eigenvalue weighted by molar-refractivity contribution is -0.384. The Bertz CT molecular complexity index is 1190. The number of hydrogen-bond donors (Lipinski definition) is 1. The van der Waals surface area contributed by atoms with E-state index in [0.29, 0.717) is 31.9 Å². The monoisotopic (exact) mass is 445 g/mol. The van der Waals surface area contributed by atoms with Gasteiger partial charge >= 0.3 is 0 Å². The Balaban J connectivity index is 1.73. The third kappa shape index (κ3) is 4.70. The number of nitrogens with zero attached hydrogens (tertiary/aromatic N) is 4. The van der Waals surface area contributed by atoms with E-state index in [-0.39, 0.29) is 10.6 Å². The maximum Gasteiger partial charge on any atom is 0.293 e. The fraction of sp³-hybridized carbons (Fsp3) is 0.381. The summed E-state index contributed by atoms with van der Waals surface area (Å²) >= 11 is 0. The fourth-order valence-corrected chi connectivity index (χ4v) is 5.10. The van der Waals surface area contributed by atoms with E-state index in [4.69, 9.17) is 0 Å². The van der Waals surface area contributed by atoms with Crippen molar-refractivity contribution in [3.8, 4) is 0 Å². The van der Waals surface area contributed by atoms with Crippen LogP contribution < -0.4 is 5.32 Å². The number of imidazole rings is 1. The van der Waals surface area contributed by atoms with Crippen LogP contribution in [0.25, 0.3) is 11.0 Å². The van der Waals surface area contributed by atoms with E-state index < -0.39 is 14.9 Å². The third-order valence-electron chi connectivity index (χ3n) is 5.23. The molecule has 0 aliphatic heterocycles. The van der Waals surface area contributed by atoms with Crippen molar-refractivity contribution in [3.05, 3.63) is 58.4 Å². The van der Waals surface area contributed by atoms with Crippen LogP contribution in [0, 0.1) is 17.0 Å². The molecule has 0 bridgehead atoms. The van der Waals surface area contributed by atoms with Gasteiger partial charge in [0.05, 0.1) is 20.9 Å². The summed E-state index contributed by atoms with van der Waals surface area (Å²) < 4.78 is 28.8. The smallest absolute Gasteiger partial charge is 0.293 e. The van der Waals surface area contributed by atoms with E-state index in [0.717, 1.165) is 29.3 Å². The topological polar surface area (TPSA) is 110 Å². The molecular formula is C21H27N5O4S. The predicted octanol–water partition coefficient (Wildman–Crippen LogP) is 3.79. The molecule has 0 atom stereocenters. The molecule has 0 fully saturated rings. The van der Waals surface area contributed by atoms with Crippen LogP contribution >= 0.6 is 0 Å². The summed E-state index contributed by atoms with van der Waals surface area (Å²) in [6.07, 6.45) is 0.720. The van der Waals surface area contributed by atoms with Crippen LogP contribution in [0.5, 0.6) is 0 Å². The first-order valence-electron chi connectivity index (χ1n) is 10.2. The lowest BCUT2D eigenvalue weighted by Crippen LogP contribution is -2.30. The van der Waals surface area contributed by atoms with Crippen LogP contribution in [0.15, 0.2) is 47.4 Å². The van der Waals surface area contributed by atoms with Gasteiger partial charge in [0.25, 0.3) is 5.69 Å². The molecule has 0 unspecified atom stereocenters. The van der Waals surface area contributed by atoms with Gasteiger partial charge in [-0.05, 0) is 37.6 Å². The summed E-state index contributed by atoms with van der Waals surface area (Å²) in [4.78, 5) is 15.5. The molecule has 1 aromatic heterocycles. The van der Waals surface area contributed by atoms with Gasteiger partial charge < -0.3 is 9.88 Å². The number of aryl methyl sites for hydroxylation is 2. The molecule has 0 radical (unpaired) electrons. The SMILES string of the molecule is CCN(CC)S(=O)(=O)c1ccc(NCCCn2c(C)nc3ccccc32)c([N+](=O)[O-])c1. The van der Waals surface area contributed by atoms with Gasteiger partial charge in [-0.15, -0.1) is 0 Å². The van der Waals surface area contributed by atoms with Gasteiger partial charge in [-0.2, -0.15) is 4.31 Å². The minimum absolute atomic E-state index is 0.0750. The van der Waals surface area contributed by atoms with Crippen molar-refractivity contribution in [2.75, 3.05) is 25.0 Å². The van der Waals surface area contributed by atoms with Crippen LogP contribution in [-0.4, -0.2) is 46.8 Å². The van der Waals surface area contributed by atoms with E-state index in [1.165, 1.54) is 16.4 Å². The van der Waals surface area contributed by atoms with Crippen LogP contribution in [0.1, 0.15) is 26.1 Å². The molecule has 1 N–H and O–H groups in total. The van der Waals surface area contributed by atoms with E-state index in [1.807, 2.05) is 31.2 Å². The van der Waals surface area contributed by atoms with Gasteiger partial charge in [0, 0.05) is 32.2 Å². The highest BCUT2D eigenvalue weighted by molar-refractivity contribution is 7.89. The van der Waals surface area contributed by atoms with Gasteiger partial charge in [-0.1, -0.05) is 26.0 Å². The highest BCUT2D eigenvalue weighted by Gasteiger charge is 2.25. The maximum absolute atomic E-state index is 12.7. The largest absolute Gasteiger partial charge is 0.379 e. The van der Waals surface area contributed by atoms with Crippen LogP contribution in [0.2, 0.25) is 0 Å². The van der Waals surface area contributed by atoms with E-state index in [1.54, 1.807) is 13.8 Å². The minimum atomic E-state index is -3.76. The molecule has 9 nitrogen and oxygen atoms in total. The van der Waals surface area contributed by atoms with Crippen molar-refractivity contribution in [2.45, 2.75) is 38.6 Å². The van der Waals surface area contributed by atoms with Gasteiger partial charge in [-0.25, -0.2) is 13.4 Å². The molecule has 0 spiro atoms. The summed E-state index contributed by atoms with van der Waals surface area (Å²) in [6.45, 7) is 7.22. The number of nitro groups is 1. The van der Waals surface area contributed by atoms with E-state index in [9.17, 15) is 18.5 Å². The average Bonchev–Trinajstić information content (AvgIpc) is 3.06. The second-order valence-electron chi connectivity index (χ2n) is 7.11. The molecule has 1 heterocycles. The van der Waals surface area contributed by atoms with Crippen molar-refractivity contribution < 1.29 is 13.3 Å². The van der Waals surface area contributed by atoms with Crippen LogP contribution in [-0.2, 0) is 16.6 Å². The number of fused-ring (bicyclic) bond motifs is 1. The molecule has 31 heavy (non-hydrogen) atoms. The van der Waals surface area contributed by atoms with Crippen LogP contribution in [0.4, 0.5) is 11.4 Å². The molecule has 0 saturated carbocycles. The van der Waals surface area contributed by atoms with Gasteiger partial charge in [0.2, 0.25) is 10.0 Å². The number of para-hydroxylation sites is 2. The standard InChI is InChI=1S/C21H27N5O4S/c1-4-24(5-2)31(29,30)17-11-12-18(21(15-17)26(27)28)22-13-8-14-25-16(3)23-19-9-6-7-10-20(19)25/h6-7,9-12,15,22H,4-5,8,13-14H2,1-3H3. The normalized spacial score (nSPS) is 11.9. The first-order valence-corrected chi connectivity index (χ1v) is 11.7. The average molecular weight is 446 g/mol. The first kappa shape index (κ1) is 22.7. The van der Waals surface area contributed by atoms with E-state index in [2.05, 4.69) is 14.9 Å². The summed E-state index contributed by atoms with van der Waals surface area (Å²) in [5.41, 5.74) is 2.04. The molecule has 0 amide bonds. The summed E-state index contributed by atoms with van der Waals surface area (Å²) in [7, 11) is -3.76. The van der Waals surface area contributed by atoms with Crippen molar-refractivity contribution in [2.24, 2.45) is 0 Å². The molecule has 166 valence electrons. The minimum Gasteiger partial charge on any atom is -0.379 e. The number of nitrogens with one attached hydrogen (secondary N) is 1. The highest BCUT2D eigenvalue weighted by atomic mass is 32.2. The second kappa shape index (κ2) is 9.44. The maximum atomic E-state index is 12.7. The van der Waals surface area contributed by atoms with E-state index >= 15 is 0 Å². The number of hydrogen-bond acceptors (Lipinski definition) is 6. The van der Waals surface area contributed by atoms with Crippen LogP contribution in [0.3, 0.4) is 0 Å². The Labute approximate surface area is 181 Å². The molecule has 3 rings (SSSR count). The summed E-state index contributed by atoms with van der Waals surface area (Å²) in [6, 6.07) is 11.9. The molecule has 0 aliphatic rings. The van der Waals surface area contributed by atoms with Crippen molar-refractivity contribution in [3.63, 3.8) is 0 Å². The van der Waals surface area contributed by atoms with Crippen molar-refractivity contribution >= 4 is 32.4 Å². The number of anilines is 1. The number of sulfonamides is 1. The first-order chi connectivity index (χ1) is 14.8. The summed E-state index contributed by atoms with van der Waals surface area (Å²) in [5.74, 6) is 0.915. The molecule has 3 aromatic rings. The second-order valence-corrected chi connectivity index (χ2v) is 9.04. The van der Waals surface area contributed by atoms with Gasteiger partial charge in [0.1, 0.15) is 11.5 Å². The Kier molecular flexibility index (Phi) is 6.91. The molecule has 10 heteroatoms. The highest BCUT2D eigenvalue weighted by Crippen LogP contribution is 2.29. The summed E-state index contributed by atoms with van der Waals surface area (Å²) in [5, 5.41) is 14.6. The van der Waals surface area contributed by atoms with Gasteiger partial charge in [-0.3, -0.25) is 10.1 Å². The Morgan fingerprint density at radius 1 is 1.16 bits per heavy atom.